The first-order chi connectivity index (χ1) is 11.7. The summed E-state index contributed by atoms with van der Waals surface area (Å²) in [5.41, 5.74) is 9.07. The summed E-state index contributed by atoms with van der Waals surface area (Å²) in [7, 11) is 1.58. The Bertz CT molecular complexity index is 916. The number of benzene rings is 1. The van der Waals surface area contributed by atoms with E-state index >= 15 is 0 Å². The highest BCUT2D eigenvalue weighted by atomic mass is 16.5. The van der Waals surface area contributed by atoms with Gasteiger partial charge >= 0.3 is 0 Å². The van der Waals surface area contributed by atoms with E-state index in [0.29, 0.717) is 47.8 Å². The smallest absolute Gasteiger partial charge is 0.257 e. The third-order valence-electron chi connectivity index (χ3n) is 3.72. The zero-order valence-electron chi connectivity index (χ0n) is 13.5. The molecule has 124 valence electrons. The van der Waals surface area contributed by atoms with Crippen molar-refractivity contribution in [1.82, 2.24) is 19.9 Å². The molecule has 7 nitrogen and oxygen atoms in total. The number of hydrogen-bond donors (Lipinski definition) is 2. The number of methoxy groups -OCH3 is 1. The fourth-order valence-electron chi connectivity index (χ4n) is 2.61. The summed E-state index contributed by atoms with van der Waals surface area (Å²) < 4.78 is 6.70. The minimum Gasteiger partial charge on any atom is -0.384 e. The van der Waals surface area contributed by atoms with Gasteiger partial charge in [0.25, 0.3) is 5.91 Å². The normalized spacial score (nSPS) is 11.0. The quantitative estimate of drug-likeness (QED) is 0.531. The molecule has 0 atom stereocenters. The van der Waals surface area contributed by atoms with E-state index in [0.717, 1.165) is 5.52 Å². The van der Waals surface area contributed by atoms with Crippen LogP contribution in [0.3, 0.4) is 0 Å². The van der Waals surface area contributed by atoms with Gasteiger partial charge in [-0.3, -0.25) is 4.79 Å². The molecule has 1 aromatic carbocycles. The summed E-state index contributed by atoms with van der Waals surface area (Å²) in [6.07, 6.45) is 1.71. The van der Waals surface area contributed by atoms with Crippen molar-refractivity contribution in [2.45, 2.75) is 6.54 Å². The van der Waals surface area contributed by atoms with Crippen molar-refractivity contribution in [1.29, 1.82) is 0 Å². The van der Waals surface area contributed by atoms with Crippen molar-refractivity contribution in [3.05, 3.63) is 42.5 Å². The predicted octanol–water partition coefficient (Wildman–Crippen LogP) is 1.73. The Morgan fingerprint density at radius 3 is 2.75 bits per heavy atom. The number of carbonyl (C=O) groups excluding carboxylic acids is 1. The van der Waals surface area contributed by atoms with Crippen molar-refractivity contribution in [3.63, 3.8) is 0 Å². The summed E-state index contributed by atoms with van der Waals surface area (Å²) in [6.45, 7) is 5.00. The van der Waals surface area contributed by atoms with E-state index in [4.69, 9.17) is 10.5 Å². The second-order valence-corrected chi connectivity index (χ2v) is 5.29. The number of carbonyl (C=O) groups is 1. The Morgan fingerprint density at radius 1 is 1.38 bits per heavy atom. The van der Waals surface area contributed by atoms with Gasteiger partial charge in [-0.2, -0.15) is 0 Å². The summed E-state index contributed by atoms with van der Waals surface area (Å²) in [6, 6.07) is 7.51. The van der Waals surface area contributed by atoms with Crippen LogP contribution in [0.4, 0.5) is 5.82 Å². The van der Waals surface area contributed by atoms with Crippen LogP contribution in [0.5, 0.6) is 0 Å². The third-order valence-corrected chi connectivity index (χ3v) is 3.72. The molecule has 0 fully saturated rings. The minimum absolute atomic E-state index is 0.290. The Kier molecular flexibility index (Phi) is 4.43. The van der Waals surface area contributed by atoms with Crippen LogP contribution in [0.2, 0.25) is 0 Å². The van der Waals surface area contributed by atoms with Crippen LogP contribution in [-0.2, 0) is 11.3 Å². The van der Waals surface area contributed by atoms with Crippen LogP contribution < -0.4 is 11.1 Å². The summed E-state index contributed by atoms with van der Waals surface area (Å²) >= 11 is 0. The monoisotopic (exact) mass is 325 g/mol. The lowest BCUT2D eigenvalue weighted by molar-refractivity contribution is 0.0939. The lowest BCUT2D eigenvalue weighted by Crippen LogP contribution is -2.27. The number of hydrogen-bond acceptors (Lipinski definition) is 5. The number of nitrogens with zero attached hydrogens (tertiary/aromatic N) is 3. The van der Waals surface area contributed by atoms with E-state index in [1.807, 2.05) is 24.3 Å². The van der Waals surface area contributed by atoms with Crippen molar-refractivity contribution < 1.29 is 9.53 Å². The summed E-state index contributed by atoms with van der Waals surface area (Å²) in [5.74, 6) is 0.0390. The highest BCUT2D eigenvalue weighted by Crippen LogP contribution is 2.27. The van der Waals surface area contributed by atoms with E-state index in [9.17, 15) is 4.79 Å². The van der Waals surface area contributed by atoms with E-state index in [2.05, 4.69) is 21.9 Å². The van der Waals surface area contributed by atoms with Gasteiger partial charge in [0.1, 0.15) is 16.9 Å². The molecule has 3 aromatic rings. The molecule has 2 aromatic heterocycles. The largest absolute Gasteiger partial charge is 0.384 e. The molecule has 2 heterocycles. The topological polar surface area (TPSA) is 95.1 Å². The number of allylic oxidation sites excluding steroid dienone is 1. The van der Waals surface area contributed by atoms with Crippen molar-refractivity contribution in [3.8, 4) is 0 Å². The summed E-state index contributed by atoms with van der Waals surface area (Å²) in [4.78, 5) is 21.8. The highest BCUT2D eigenvalue weighted by Gasteiger charge is 2.23. The molecular formula is C17H19N5O2. The molecule has 0 bridgehead atoms. The van der Waals surface area contributed by atoms with E-state index < -0.39 is 0 Å². The average molecular weight is 325 g/mol. The van der Waals surface area contributed by atoms with Crippen molar-refractivity contribution in [2.24, 2.45) is 0 Å². The van der Waals surface area contributed by atoms with E-state index in [-0.39, 0.29) is 5.91 Å². The van der Waals surface area contributed by atoms with E-state index in [1.165, 1.54) is 0 Å². The minimum atomic E-state index is -0.290. The van der Waals surface area contributed by atoms with Gasteiger partial charge in [-0.1, -0.05) is 18.2 Å². The molecule has 3 rings (SSSR count). The number of aromatic nitrogens is 3. The van der Waals surface area contributed by atoms with E-state index in [1.54, 1.807) is 17.8 Å². The molecule has 1 amide bonds. The fourth-order valence-corrected chi connectivity index (χ4v) is 2.61. The molecule has 0 unspecified atom stereocenters. The zero-order chi connectivity index (χ0) is 17.1. The second-order valence-electron chi connectivity index (χ2n) is 5.29. The van der Waals surface area contributed by atoms with Crippen LogP contribution in [-0.4, -0.2) is 40.7 Å². The number of anilines is 1. The Labute approximate surface area is 139 Å². The van der Waals surface area contributed by atoms with Gasteiger partial charge in [0, 0.05) is 20.2 Å². The maximum Gasteiger partial charge on any atom is 0.257 e. The molecule has 0 aliphatic heterocycles. The van der Waals surface area contributed by atoms with Gasteiger partial charge in [0.05, 0.1) is 17.6 Å². The Balaban J connectivity index is 2.19. The first-order valence-corrected chi connectivity index (χ1v) is 7.59. The van der Waals surface area contributed by atoms with Crippen LogP contribution in [0.1, 0.15) is 10.4 Å². The molecule has 0 radical (unpaired) electrons. The second kappa shape index (κ2) is 6.67. The van der Waals surface area contributed by atoms with Gasteiger partial charge in [-0.15, -0.1) is 6.58 Å². The van der Waals surface area contributed by atoms with Crippen molar-refractivity contribution in [2.75, 3.05) is 26.0 Å². The van der Waals surface area contributed by atoms with Crippen LogP contribution in [0.25, 0.3) is 22.2 Å². The zero-order valence-corrected chi connectivity index (χ0v) is 13.5. The molecule has 0 aliphatic rings. The molecule has 24 heavy (non-hydrogen) atoms. The number of fused-ring (bicyclic) bond motifs is 2. The maximum atomic E-state index is 12.6. The number of nitrogens with two attached hydrogens (primary N) is 1. The number of amides is 1. The molecule has 3 N–H and O–H groups in total. The van der Waals surface area contributed by atoms with Crippen LogP contribution in [0.15, 0.2) is 36.9 Å². The number of ether oxygens (including phenoxy) is 1. The molecule has 0 saturated heterocycles. The standard InChI is InChI=1S/C17H19N5O2/c1-3-9-22-15(18)13(17(23)19-8-10-24-2)14-16(22)21-12-7-5-4-6-11(12)20-14/h3-7H,1,8-10,18H2,2H3,(H,19,23). The first kappa shape index (κ1) is 15.9. The van der Waals surface area contributed by atoms with Crippen molar-refractivity contribution >= 4 is 33.9 Å². The van der Waals surface area contributed by atoms with Gasteiger partial charge in [-0.25, -0.2) is 9.97 Å². The highest BCUT2D eigenvalue weighted by molar-refractivity contribution is 6.10. The van der Waals surface area contributed by atoms with Gasteiger partial charge in [0.2, 0.25) is 0 Å². The Morgan fingerprint density at radius 2 is 2.08 bits per heavy atom. The molecular weight excluding hydrogens is 306 g/mol. The molecule has 0 aliphatic carbocycles. The first-order valence-electron chi connectivity index (χ1n) is 7.59. The SMILES string of the molecule is C=CCn1c(N)c(C(=O)NCCOC)c2nc3ccccc3nc21. The fraction of sp³-hybridized carbons (Fsp3) is 0.235. The molecule has 0 saturated carbocycles. The predicted molar refractivity (Wildman–Crippen MR) is 93.9 cm³/mol. The maximum absolute atomic E-state index is 12.6. The molecule has 7 heteroatoms. The third kappa shape index (κ3) is 2.69. The number of nitrogen functional groups attached to an aromatic ring is 1. The van der Waals surface area contributed by atoms with Crippen LogP contribution in [0, 0.1) is 0 Å². The van der Waals surface area contributed by atoms with Gasteiger partial charge < -0.3 is 20.4 Å². The average Bonchev–Trinajstić information content (AvgIpc) is 2.85. The van der Waals surface area contributed by atoms with Gasteiger partial charge in [-0.05, 0) is 12.1 Å². The lowest BCUT2D eigenvalue weighted by atomic mass is 10.2. The van der Waals surface area contributed by atoms with Gasteiger partial charge in [0.15, 0.2) is 5.65 Å². The number of nitrogens with one attached hydrogen (secondary N) is 1. The number of rotatable bonds is 6. The lowest BCUT2D eigenvalue weighted by Gasteiger charge is -2.05. The summed E-state index contributed by atoms with van der Waals surface area (Å²) in [5, 5.41) is 2.79. The van der Waals surface area contributed by atoms with Crippen LogP contribution >= 0.6 is 0 Å². The molecule has 0 spiro atoms. The number of para-hydroxylation sites is 2. The Hall–Kier alpha value is -2.93.